The fourth-order valence-corrected chi connectivity index (χ4v) is 5.74. The van der Waals surface area contributed by atoms with E-state index < -0.39 is 18.0 Å². The van der Waals surface area contributed by atoms with Gasteiger partial charge in [0, 0.05) is 0 Å². The molecule has 0 radical (unpaired) electrons. The molecule has 0 spiro atoms. The van der Waals surface area contributed by atoms with Crippen LogP contribution in [0.2, 0.25) is 0 Å². The van der Waals surface area contributed by atoms with E-state index >= 15 is 0 Å². The molecule has 0 aliphatic carbocycles. The van der Waals surface area contributed by atoms with E-state index in [2.05, 4.69) is 15.9 Å². The maximum atomic E-state index is 13.8. The molecule has 0 fully saturated rings. The van der Waals surface area contributed by atoms with E-state index in [9.17, 15) is 14.4 Å². The number of hydrogen-bond donors (Lipinski definition) is 1. The third-order valence-corrected chi connectivity index (χ3v) is 7.44. The quantitative estimate of drug-likeness (QED) is 0.400. The number of hydrogen-bond acceptors (Lipinski definition) is 7. The second-order valence-electron chi connectivity index (χ2n) is 8.23. The van der Waals surface area contributed by atoms with Crippen LogP contribution in [0.3, 0.4) is 0 Å². The van der Waals surface area contributed by atoms with E-state index in [-0.39, 0.29) is 17.7 Å². The smallest absolute Gasteiger partial charge is 0.338 e. The Kier molecular flexibility index (Phi) is 8.09. The Morgan fingerprint density at radius 3 is 2.51 bits per heavy atom. The number of nitrogens with zero attached hydrogens (tertiary/aromatic N) is 2. The lowest BCUT2D eigenvalue weighted by Crippen LogP contribution is -2.40. The zero-order chi connectivity index (χ0) is 26.7. The second kappa shape index (κ2) is 11.3. The predicted molar refractivity (Wildman–Crippen MR) is 144 cm³/mol. The number of halogens is 1. The van der Waals surface area contributed by atoms with Gasteiger partial charge in [-0.2, -0.15) is 0 Å². The van der Waals surface area contributed by atoms with Crippen LogP contribution in [0.15, 0.2) is 68.0 Å². The summed E-state index contributed by atoms with van der Waals surface area (Å²) >= 11 is 4.74. The topological polar surface area (TPSA) is 107 Å². The molecule has 4 rings (SSSR count). The van der Waals surface area contributed by atoms with Crippen molar-refractivity contribution in [2.75, 3.05) is 13.7 Å². The number of fused-ring (bicyclic) bond motifs is 1. The molecule has 1 aliphatic heterocycles. The van der Waals surface area contributed by atoms with Gasteiger partial charge in [0.05, 0.1) is 45.6 Å². The summed E-state index contributed by atoms with van der Waals surface area (Å²) in [6.45, 7) is 3.93. The van der Waals surface area contributed by atoms with Gasteiger partial charge in [-0.25, -0.2) is 14.6 Å². The van der Waals surface area contributed by atoms with Crippen LogP contribution in [-0.2, 0) is 9.53 Å². The van der Waals surface area contributed by atoms with Crippen LogP contribution >= 0.6 is 27.3 Å². The highest BCUT2D eigenvalue weighted by Crippen LogP contribution is 2.36. The molecule has 0 amide bonds. The highest BCUT2D eigenvalue weighted by molar-refractivity contribution is 9.10. The number of carboxylic acids is 1. The Bertz CT molecular complexity index is 1570. The van der Waals surface area contributed by atoms with Gasteiger partial charge in [-0.1, -0.05) is 42.9 Å². The fourth-order valence-electron chi connectivity index (χ4n) is 4.16. The van der Waals surface area contributed by atoms with Crippen LogP contribution in [0.4, 0.5) is 0 Å². The number of aromatic nitrogens is 1. The number of ether oxygens (including phenoxy) is 2. The maximum absolute atomic E-state index is 13.8. The van der Waals surface area contributed by atoms with Crippen molar-refractivity contribution < 1.29 is 24.2 Å². The minimum Gasteiger partial charge on any atom is -0.496 e. The van der Waals surface area contributed by atoms with Gasteiger partial charge in [0.1, 0.15) is 5.75 Å². The first-order valence-electron chi connectivity index (χ1n) is 11.7. The molecular weight excluding hydrogens is 560 g/mol. The number of methoxy groups -OCH3 is 1. The number of aromatic carboxylic acids is 1. The molecule has 192 valence electrons. The van der Waals surface area contributed by atoms with Gasteiger partial charge in [-0.3, -0.25) is 9.36 Å². The first-order chi connectivity index (χ1) is 17.8. The van der Waals surface area contributed by atoms with Crippen LogP contribution in [0.5, 0.6) is 5.75 Å². The summed E-state index contributed by atoms with van der Waals surface area (Å²) in [5.74, 6) is -0.909. The number of carbonyl (C=O) groups is 2. The summed E-state index contributed by atoms with van der Waals surface area (Å²) in [7, 11) is 1.56. The second-order valence-corrected chi connectivity index (χ2v) is 10.1. The zero-order valence-corrected chi connectivity index (χ0v) is 22.9. The van der Waals surface area contributed by atoms with Crippen molar-refractivity contribution in [3.05, 3.63) is 94.6 Å². The summed E-state index contributed by atoms with van der Waals surface area (Å²) in [6, 6.07) is 11.0. The summed E-state index contributed by atoms with van der Waals surface area (Å²) in [5, 5.41) is 9.16. The molecule has 1 aromatic heterocycles. The van der Waals surface area contributed by atoms with Crippen molar-refractivity contribution in [2.45, 2.75) is 32.7 Å². The number of thiazole rings is 1. The highest BCUT2D eigenvalue weighted by atomic mass is 79.9. The molecule has 37 heavy (non-hydrogen) atoms. The lowest BCUT2D eigenvalue weighted by Gasteiger charge is -2.26. The third-order valence-electron chi connectivity index (χ3n) is 5.84. The SMILES string of the molecule is CCCC1=C(C(=O)OCC)[C@H](c2ccc(OC)c(Br)c2)n2c(s/c(=C\c3ccc(C(=O)O)cc3)c2=O)=N1. The average molecular weight is 585 g/mol. The van der Waals surface area contributed by atoms with Gasteiger partial charge in [0.25, 0.3) is 5.56 Å². The van der Waals surface area contributed by atoms with Crippen molar-refractivity contribution in [3.8, 4) is 5.75 Å². The van der Waals surface area contributed by atoms with E-state index in [4.69, 9.17) is 19.6 Å². The summed E-state index contributed by atoms with van der Waals surface area (Å²) < 4.78 is 13.4. The Hall–Kier alpha value is -3.50. The molecule has 10 heteroatoms. The van der Waals surface area contributed by atoms with Crippen molar-refractivity contribution in [1.82, 2.24) is 4.57 Å². The third kappa shape index (κ3) is 5.30. The van der Waals surface area contributed by atoms with Crippen LogP contribution in [0.1, 0.15) is 54.2 Å². The molecule has 2 aromatic carbocycles. The molecular formula is C27H25BrN2O6S. The zero-order valence-electron chi connectivity index (χ0n) is 20.5. The van der Waals surface area contributed by atoms with Gasteiger partial charge < -0.3 is 14.6 Å². The standard InChI is InChI=1S/C27H25BrN2O6S/c1-4-6-19-22(26(34)36-5-2)23(17-11-12-20(35-3)18(28)14-17)30-24(31)21(37-27(30)29-19)13-15-7-9-16(10-8-15)25(32)33/h7-14,23H,4-6H2,1-3H3,(H,32,33)/b21-13-/t23-/m0/s1. The van der Waals surface area contributed by atoms with Gasteiger partial charge in [0.2, 0.25) is 0 Å². The Morgan fingerprint density at radius 2 is 1.92 bits per heavy atom. The normalized spacial score (nSPS) is 15.2. The van der Waals surface area contributed by atoms with Gasteiger partial charge >= 0.3 is 11.9 Å². The minimum atomic E-state index is -1.02. The Morgan fingerprint density at radius 1 is 1.19 bits per heavy atom. The lowest BCUT2D eigenvalue weighted by molar-refractivity contribution is -0.139. The van der Waals surface area contributed by atoms with E-state index in [1.807, 2.05) is 19.1 Å². The first kappa shape index (κ1) is 26.6. The molecule has 0 saturated carbocycles. The first-order valence-corrected chi connectivity index (χ1v) is 13.3. The molecule has 1 aliphatic rings. The molecule has 0 unspecified atom stereocenters. The summed E-state index contributed by atoms with van der Waals surface area (Å²) in [6.07, 6.45) is 3.00. The number of rotatable bonds is 8. The van der Waals surface area contributed by atoms with Gasteiger partial charge in [-0.15, -0.1) is 0 Å². The lowest BCUT2D eigenvalue weighted by atomic mass is 9.94. The number of allylic oxidation sites excluding steroid dienone is 1. The molecule has 2 heterocycles. The van der Waals surface area contributed by atoms with Gasteiger partial charge in [-0.05, 0) is 70.7 Å². The number of benzene rings is 2. The number of carboxylic acid groups (broad SMARTS) is 1. The molecule has 1 atom stereocenters. The Balaban J connectivity index is 1.96. The van der Waals surface area contributed by atoms with Crippen LogP contribution in [0, 0.1) is 0 Å². The molecule has 1 N–H and O–H groups in total. The van der Waals surface area contributed by atoms with Crippen molar-refractivity contribution in [2.24, 2.45) is 4.99 Å². The predicted octanol–water partition coefficient (Wildman–Crippen LogP) is 4.05. The summed E-state index contributed by atoms with van der Waals surface area (Å²) in [5.41, 5.74) is 2.17. The maximum Gasteiger partial charge on any atom is 0.338 e. The fraction of sp³-hybridized carbons (Fsp3) is 0.259. The number of esters is 1. The van der Waals surface area contributed by atoms with E-state index in [1.54, 1.807) is 38.3 Å². The van der Waals surface area contributed by atoms with Crippen molar-refractivity contribution >= 4 is 45.3 Å². The average Bonchev–Trinajstić information content (AvgIpc) is 3.18. The molecule has 8 nitrogen and oxygen atoms in total. The molecule has 0 saturated heterocycles. The largest absolute Gasteiger partial charge is 0.496 e. The van der Waals surface area contributed by atoms with E-state index in [0.717, 1.165) is 6.42 Å². The number of carbonyl (C=O) groups excluding carboxylic acids is 1. The van der Waals surface area contributed by atoms with Crippen molar-refractivity contribution in [3.63, 3.8) is 0 Å². The molecule has 3 aromatic rings. The van der Waals surface area contributed by atoms with Crippen LogP contribution in [0.25, 0.3) is 6.08 Å². The van der Waals surface area contributed by atoms with E-state index in [1.165, 1.54) is 28.0 Å². The summed E-state index contributed by atoms with van der Waals surface area (Å²) in [4.78, 5) is 43.4. The molecule has 0 bridgehead atoms. The van der Waals surface area contributed by atoms with Crippen molar-refractivity contribution in [1.29, 1.82) is 0 Å². The minimum absolute atomic E-state index is 0.159. The van der Waals surface area contributed by atoms with E-state index in [0.29, 0.717) is 48.4 Å². The van der Waals surface area contributed by atoms with Crippen LogP contribution in [-0.4, -0.2) is 35.3 Å². The Labute approximate surface area is 225 Å². The highest BCUT2D eigenvalue weighted by Gasteiger charge is 2.34. The van der Waals surface area contributed by atoms with Gasteiger partial charge in [0.15, 0.2) is 4.80 Å². The monoisotopic (exact) mass is 584 g/mol. The van der Waals surface area contributed by atoms with Crippen LogP contribution < -0.4 is 19.6 Å².